The van der Waals surface area contributed by atoms with Crippen molar-refractivity contribution in [3.63, 3.8) is 0 Å². The molecule has 0 aliphatic rings. The van der Waals surface area contributed by atoms with Crippen LogP contribution in [0.2, 0.25) is 0 Å². The van der Waals surface area contributed by atoms with Crippen molar-refractivity contribution in [3.05, 3.63) is 156 Å². The number of hydrogen-bond donors (Lipinski definition) is 0. The number of rotatable bonds is 36. The molecule has 0 amide bonds. The second-order valence-corrected chi connectivity index (χ2v) is 23.8. The first kappa shape index (κ1) is 72.8. The highest BCUT2D eigenvalue weighted by atomic mass is 31.2. The van der Waals surface area contributed by atoms with Crippen LogP contribution < -0.4 is 13.6 Å². The van der Waals surface area contributed by atoms with E-state index in [2.05, 4.69) is 39.5 Å². The molecule has 0 aliphatic carbocycles. The number of benzene rings is 3. The molecule has 0 atom stereocenters. The number of phosphoric acid groups is 1. The Morgan fingerprint density at radius 3 is 0.547 bits per heavy atom. The molecule has 3 aromatic rings. The largest absolute Gasteiger partial charge is 0.647 e. The summed E-state index contributed by atoms with van der Waals surface area (Å²) < 4.78 is 71.1. The van der Waals surface area contributed by atoms with Gasteiger partial charge in [-0.3, -0.25) is 0 Å². The summed E-state index contributed by atoms with van der Waals surface area (Å²) >= 11 is 0. The van der Waals surface area contributed by atoms with Gasteiger partial charge in [0, 0.05) is 33.4 Å². The average molecular weight is 1210 g/mol. The van der Waals surface area contributed by atoms with Crippen molar-refractivity contribution in [2.75, 3.05) is 39.6 Å². The third kappa shape index (κ3) is 20.6. The summed E-state index contributed by atoms with van der Waals surface area (Å²) in [7, 11) is -5.02. The van der Waals surface area contributed by atoms with E-state index in [4.69, 9.17) is 42.0 Å². The predicted octanol–water partition coefficient (Wildman–Crippen LogP) is 14.4. The number of esters is 6. The topological polar surface area (TPSA) is 203 Å². The van der Waals surface area contributed by atoms with Crippen LogP contribution in [0.1, 0.15) is 164 Å². The lowest BCUT2D eigenvalue weighted by Gasteiger charge is -2.29. The van der Waals surface area contributed by atoms with Crippen LogP contribution in [0.15, 0.2) is 72.9 Å². The van der Waals surface area contributed by atoms with Gasteiger partial charge >= 0.3 is 43.6 Å². The number of carbonyl (C=O) groups excluding carboxylic acids is 6. The van der Waals surface area contributed by atoms with Crippen LogP contribution in [-0.2, 0) is 100 Å². The molecule has 0 N–H and O–H groups in total. The summed E-state index contributed by atoms with van der Waals surface area (Å²) in [4.78, 5) is 74.9. The molecule has 16 nitrogen and oxygen atoms in total. The van der Waals surface area contributed by atoms with E-state index in [-0.39, 0.29) is 90.3 Å². The molecule has 0 saturated heterocycles. The Morgan fingerprint density at radius 2 is 0.419 bits per heavy atom. The van der Waals surface area contributed by atoms with Gasteiger partial charge in [-0.15, -0.1) is 0 Å². The van der Waals surface area contributed by atoms with E-state index in [1.807, 2.05) is 62.3 Å². The first-order chi connectivity index (χ1) is 40.3. The molecule has 470 valence electrons. The molecular weight excluding hydrogens is 1120 g/mol. The first-order valence-electron chi connectivity index (χ1n) is 29.3. The normalized spacial score (nSPS) is 11.0. The number of carbonyl (C=O) groups is 6. The molecule has 0 heterocycles. The molecule has 0 saturated carbocycles. The van der Waals surface area contributed by atoms with Gasteiger partial charge in [0.2, 0.25) is 0 Å². The van der Waals surface area contributed by atoms with Crippen molar-refractivity contribution < 1.29 is 75.3 Å². The molecule has 0 bridgehead atoms. The second kappa shape index (κ2) is 34.0. The number of hydrogen-bond acceptors (Lipinski definition) is 16. The summed E-state index contributed by atoms with van der Waals surface area (Å²) in [6, 6.07) is 0. The van der Waals surface area contributed by atoms with Crippen LogP contribution in [-0.4, -0.2) is 75.5 Å². The lowest BCUT2D eigenvalue weighted by Crippen LogP contribution is -2.17. The smallest absolute Gasteiger partial charge is 0.462 e. The van der Waals surface area contributed by atoms with Crippen LogP contribution >= 0.6 is 7.82 Å². The second-order valence-electron chi connectivity index (χ2n) is 22.3. The predicted molar refractivity (Wildman–Crippen MR) is 336 cm³/mol. The van der Waals surface area contributed by atoms with E-state index in [1.165, 1.54) is 0 Å². The maximum atomic E-state index is 16.9. The van der Waals surface area contributed by atoms with E-state index < -0.39 is 43.6 Å². The highest BCUT2D eigenvalue weighted by Gasteiger charge is 2.39. The highest BCUT2D eigenvalue weighted by molar-refractivity contribution is 7.49. The number of ether oxygens (including phenoxy) is 6. The molecule has 0 aromatic heterocycles. The zero-order chi connectivity index (χ0) is 64.9. The SMILES string of the molecule is C=C(C)C(=O)OCCCc1c(C)c(CCCOC(=O)C(=C)C)c(C)c(OP(=O)(Oc2c(C)c(CCCOC(=O)C(=C)C)c(C)c(CCCOC(=O)C(=C)C)c2C)Oc2c(C)c(CCCOC(=O)C(=C)C)c(C)c(CCCOC(=O)C(=C)C)c2C)c1C. The molecule has 17 heteroatoms. The summed E-state index contributed by atoms with van der Waals surface area (Å²) in [5.41, 5.74) is 13.3. The van der Waals surface area contributed by atoms with Crippen molar-refractivity contribution >= 4 is 43.6 Å². The molecule has 0 unspecified atom stereocenters. The van der Waals surface area contributed by atoms with E-state index in [0.717, 1.165) is 50.1 Å². The molecule has 0 fully saturated rings. The van der Waals surface area contributed by atoms with Crippen molar-refractivity contribution in [2.24, 2.45) is 0 Å². The van der Waals surface area contributed by atoms with Gasteiger partial charge in [0.15, 0.2) is 0 Å². The molecule has 86 heavy (non-hydrogen) atoms. The van der Waals surface area contributed by atoms with Crippen molar-refractivity contribution in [3.8, 4) is 17.2 Å². The lowest BCUT2D eigenvalue weighted by molar-refractivity contribution is -0.139. The molecule has 0 radical (unpaired) electrons. The molecule has 0 aliphatic heterocycles. The zero-order valence-electron chi connectivity index (χ0n) is 53.9. The molecule has 3 aromatic carbocycles. The fourth-order valence-electron chi connectivity index (χ4n) is 10.2. The fraction of sp³-hybridized carbons (Fsp3) is 0.478. The number of phosphoric ester groups is 1. The van der Waals surface area contributed by atoms with E-state index in [9.17, 15) is 28.8 Å². The lowest BCUT2D eigenvalue weighted by atomic mass is 9.88. The Morgan fingerprint density at radius 1 is 0.279 bits per heavy atom. The zero-order valence-corrected chi connectivity index (χ0v) is 54.8. The Labute approximate surface area is 511 Å². The van der Waals surface area contributed by atoms with E-state index in [0.29, 0.717) is 110 Å². The third-order valence-electron chi connectivity index (χ3n) is 15.0. The maximum Gasteiger partial charge on any atom is 0.647 e. The van der Waals surface area contributed by atoms with E-state index in [1.54, 1.807) is 41.5 Å². The average Bonchev–Trinajstić information content (AvgIpc) is 1.40. The van der Waals surface area contributed by atoms with E-state index >= 15 is 4.57 Å². The standard InChI is InChI=1S/C69H93O16P/c1-40(2)64(70)77-34-22-28-55-46(13)56(29-23-35-78-65(71)41(3)4)50(17)61(49(55)16)83-86(76,84-62-51(18)57(30-24-36-79-66(72)42(5)6)47(14)58(52(62)19)31-25-37-80-67(73)43(7)8)85-63-53(20)59(32-26-38-81-68(74)44(9)10)48(15)60(54(63)21)33-27-39-82-69(75)45(11)12/h1,3,5,7,9,11,22-39H2,2,4,6,8,10,12-21H3. The van der Waals surface area contributed by atoms with Crippen molar-refractivity contribution in [1.82, 2.24) is 0 Å². The molecule has 3 rings (SSSR count). The van der Waals surface area contributed by atoms with Gasteiger partial charge in [0.05, 0.1) is 39.6 Å². The summed E-state index contributed by atoms with van der Waals surface area (Å²) in [6.07, 6.45) is 5.01. The van der Waals surface area contributed by atoms with Crippen molar-refractivity contribution in [2.45, 2.75) is 181 Å². The molecular formula is C69H93O16P. The minimum atomic E-state index is -5.02. The van der Waals surface area contributed by atoms with Gasteiger partial charge < -0.3 is 42.0 Å². The third-order valence-corrected chi connectivity index (χ3v) is 16.2. The van der Waals surface area contributed by atoms with Crippen LogP contribution in [0, 0.1) is 62.3 Å². The van der Waals surface area contributed by atoms with Crippen LogP contribution in [0.25, 0.3) is 0 Å². The van der Waals surface area contributed by atoms with Crippen LogP contribution in [0.3, 0.4) is 0 Å². The van der Waals surface area contributed by atoms with Crippen LogP contribution in [0.4, 0.5) is 0 Å². The van der Waals surface area contributed by atoms with Gasteiger partial charge in [-0.25, -0.2) is 28.8 Å². The minimum Gasteiger partial charge on any atom is -0.462 e. The van der Waals surface area contributed by atoms with Gasteiger partial charge in [-0.2, -0.15) is 4.57 Å². The fourth-order valence-corrected chi connectivity index (χ4v) is 11.8. The first-order valence-corrected chi connectivity index (χ1v) is 30.7. The van der Waals surface area contributed by atoms with Gasteiger partial charge in [-0.05, 0) is 264 Å². The quantitative estimate of drug-likeness (QED) is 0.0175. The van der Waals surface area contributed by atoms with Crippen molar-refractivity contribution in [1.29, 1.82) is 0 Å². The Hall–Kier alpha value is -7.45. The Kier molecular flexibility index (Phi) is 28.8. The minimum absolute atomic E-state index is 0.0954. The summed E-state index contributed by atoms with van der Waals surface area (Å²) in [5.74, 6) is -2.39. The Bertz CT molecular complexity index is 2670. The van der Waals surface area contributed by atoms with Gasteiger partial charge in [0.25, 0.3) is 0 Å². The van der Waals surface area contributed by atoms with Crippen LogP contribution in [0.5, 0.6) is 17.2 Å². The Balaban J connectivity index is 2.52. The highest BCUT2D eigenvalue weighted by Crippen LogP contribution is 2.56. The summed E-state index contributed by atoms with van der Waals surface area (Å²) in [6.45, 7) is 49.5. The molecule has 0 spiro atoms. The monoisotopic (exact) mass is 1210 g/mol. The van der Waals surface area contributed by atoms with Gasteiger partial charge in [0.1, 0.15) is 17.2 Å². The summed E-state index contributed by atoms with van der Waals surface area (Å²) in [5, 5.41) is 0. The maximum absolute atomic E-state index is 16.9. The van der Waals surface area contributed by atoms with Gasteiger partial charge in [-0.1, -0.05) is 39.5 Å².